The monoisotopic (exact) mass is 245 g/mol. The van der Waals surface area contributed by atoms with Crippen molar-refractivity contribution in [1.82, 2.24) is 0 Å². The molecule has 0 amide bonds. The Morgan fingerprint density at radius 1 is 1.00 bits per heavy atom. The highest BCUT2D eigenvalue weighted by molar-refractivity contribution is 7.98. The van der Waals surface area contributed by atoms with E-state index in [1.807, 2.05) is 60.7 Å². The Labute approximate surface area is 108 Å². The number of thioether (sulfide) groups is 1. The Morgan fingerprint density at radius 3 is 2.24 bits per heavy atom. The Bertz CT molecular complexity index is 460. The van der Waals surface area contributed by atoms with Gasteiger partial charge >= 0.3 is 0 Å². The summed E-state index contributed by atoms with van der Waals surface area (Å²) in [7, 11) is 0. The number of aliphatic hydroxyl groups is 1. The first-order valence-electron chi connectivity index (χ1n) is 6.16. The van der Waals surface area contributed by atoms with E-state index < -0.39 is 11.8 Å². The minimum atomic E-state index is -0.736. The predicted octanol–water partition coefficient (Wildman–Crippen LogP) is 3.65. The molecule has 17 heavy (non-hydrogen) atoms. The molecule has 0 aliphatic carbocycles. The Kier molecular flexibility index (Phi) is 4.14. The fraction of sp³-hybridized carbons (Fsp3) is 0.200. The van der Waals surface area contributed by atoms with Gasteiger partial charge in [0.15, 0.2) is 0 Å². The summed E-state index contributed by atoms with van der Waals surface area (Å²) in [4.78, 5) is 0. The molecule has 0 aliphatic rings. The molecule has 0 spiro atoms. The summed E-state index contributed by atoms with van der Waals surface area (Å²) in [6, 6.07) is 19.4. The number of hydrogen-bond acceptors (Lipinski definition) is 2. The molecule has 88 valence electrons. The SMILES string of the molecule is [2H]C(SCc1ccccc1)C(O)c1ccccc1. The lowest BCUT2D eigenvalue weighted by Gasteiger charge is -2.10. The van der Waals surface area contributed by atoms with Crippen LogP contribution in [0.25, 0.3) is 0 Å². The van der Waals surface area contributed by atoms with Crippen molar-refractivity contribution < 1.29 is 6.48 Å². The van der Waals surface area contributed by atoms with Gasteiger partial charge in [0.1, 0.15) is 0 Å². The van der Waals surface area contributed by atoms with Gasteiger partial charge in [0.2, 0.25) is 0 Å². The van der Waals surface area contributed by atoms with Gasteiger partial charge in [0.25, 0.3) is 0 Å². The lowest BCUT2D eigenvalue weighted by molar-refractivity contribution is 0.204. The molecule has 0 fully saturated rings. The third kappa shape index (κ3) is 3.91. The third-order valence-corrected chi connectivity index (χ3v) is 3.41. The van der Waals surface area contributed by atoms with E-state index in [0.717, 1.165) is 11.3 Å². The van der Waals surface area contributed by atoms with Crippen LogP contribution < -0.4 is 0 Å². The largest absolute Gasteiger partial charge is 0.388 e. The molecule has 0 aliphatic heterocycles. The van der Waals surface area contributed by atoms with E-state index in [0.29, 0.717) is 0 Å². The van der Waals surface area contributed by atoms with Crippen molar-refractivity contribution >= 4 is 11.8 Å². The second kappa shape index (κ2) is 6.48. The molecule has 0 saturated heterocycles. The van der Waals surface area contributed by atoms with Crippen LogP contribution in [0.3, 0.4) is 0 Å². The van der Waals surface area contributed by atoms with Crippen molar-refractivity contribution in [2.24, 2.45) is 0 Å². The van der Waals surface area contributed by atoms with Gasteiger partial charge in [-0.25, -0.2) is 0 Å². The molecule has 2 atom stereocenters. The lowest BCUT2D eigenvalue weighted by Crippen LogP contribution is -2.00. The summed E-state index contributed by atoms with van der Waals surface area (Å²) in [6.45, 7) is 0. The number of rotatable bonds is 5. The molecule has 2 aromatic carbocycles. The summed E-state index contributed by atoms with van der Waals surface area (Å²) < 4.78 is 7.98. The average Bonchev–Trinajstić information content (AvgIpc) is 2.46. The van der Waals surface area contributed by atoms with Gasteiger partial charge in [0, 0.05) is 12.9 Å². The minimum Gasteiger partial charge on any atom is -0.388 e. The van der Waals surface area contributed by atoms with Crippen LogP contribution in [0.4, 0.5) is 0 Å². The topological polar surface area (TPSA) is 20.2 Å². The quantitative estimate of drug-likeness (QED) is 0.867. The molecule has 1 nitrogen and oxygen atoms in total. The predicted molar refractivity (Wildman–Crippen MR) is 74.0 cm³/mol. The Hall–Kier alpha value is -1.25. The van der Waals surface area contributed by atoms with Crippen LogP contribution in [0.15, 0.2) is 60.7 Å². The first-order valence-corrected chi connectivity index (χ1v) is 6.63. The molecule has 2 heteroatoms. The number of aliphatic hydroxyl groups excluding tert-OH is 1. The Morgan fingerprint density at radius 2 is 1.59 bits per heavy atom. The zero-order chi connectivity index (χ0) is 12.8. The van der Waals surface area contributed by atoms with Crippen LogP contribution >= 0.6 is 11.8 Å². The van der Waals surface area contributed by atoms with E-state index in [1.54, 1.807) is 0 Å². The Balaban J connectivity index is 1.90. The molecular formula is C15H16OS. The minimum absolute atomic E-state index is 0.562. The average molecular weight is 245 g/mol. The van der Waals surface area contributed by atoms with E-state index in [9.17, 15) is 5.11 Å². The van der Waals surface area contributed by atoms with Gasteiger partial charge in [-0.15, -0.1) is 0 Å². The van der Waals surface area contributed by atoms with Gasteiger partial charge < -0.3 is 5.11 Å². The van der Waals surface area contributed by atoms with Crippen molar-refractivity contribution in [3.63, 3.8) is 0 Å². The standard InChI is InChI=1S/C15H16OS/c16-15(14-9-5-2-6-10-14)12-17-11-13-7-3-1-4-8-13/h1-10,15-16H,11-12H2/i12D. The van der Waals surface area contributed by atoms with E-state index in [-0.39, 0.29) is 0 Å². The molecule has 2 aromatic rings. The molecule has 0 radical (unpaired) electrons. The molecule has 0 aromatic heterocycles. The van der Waals surface area contributed by atoms with E-state index in [1.165, 1.54) is 17.3 Å². The number of hydrogen-bond donors (Lipinski definition) is 1. The van der Waals surface area contributed by atoms with Crippen molar-refractivity contribution in [2.45, 2.75) is 11.9 Å². The fourth-order valence-electron chi connectivity index (χ4n) is 1.54. The van der Waals surface area contributed by atoms with Crippen molar-refractivity contribution in [2.75, 3.05) is 5.73 Å². The maximum absolute atomic E-state index is 10.1. The summed E-state index contributed by atoms with van der Waals surface area (Å²) in [5.41, 5.74) is 1.42. The lowest BCUT2D eigenvalue weighted by atomic mass is 10.1. The summed E-state index contributed by atoms with van der Waals surface area (Å²) in [6.07, 6.45) is -0.736. The highest BCUT2D eigenvalue weighted by Gasteiger charge is 2.06. The van der Waals surface area contributed by atoms with Crippen LogP contribution in [0.5, 0.6) is 0 Å². The summed E-state index contributed by atoms with van der Waals surface area (Å²) in [5.74, 6) is 0.749. The highest BCUT2D eigenvalue weighted by atomic mass is 32.2. The molecule has 0 heterocycles. The van der Waals surface area contributed by atoms with Crippen LogP contribution in [-0.2, 0) is 5.75 Å². The van der Waals surface area contributed by atoms with E-state index >= 15 is 0 Å². The highest BCUT2D eigenvalue weighted by Crippen LogP contribution is 2.20. The van der Waals surface area contributed by atoms with Crippen LogP contribution in [0, 0.1) is 0 Å². The van der Waals surface area contributed by atoms with Crippen molar-refractivity contribution in [1.29, 1.82) is 0 Å². The van der Waals surface area contributed by atoms with E-state index in [4.69, 9.17) is 1.37 Å². The van der Waals surface area contributed by atoms with Gasteiger partial charge in [0.05, 0.1) is 6.10 Å². The smallest absolute Gasteiger partial charge is 0.0880 e. The van der Waals surface area contributed by atoms with Crippen molar-refractivity contribution in [3.8, 4) is 0 Å². The van der Waals surface area contributed by atoms with Crippen LogP contribution in [-0.4, -0.2) is 10.8 Å². The summed E-state index contributed by atoms with van der Waals surface area (Å²) >= 11 is 1.45. The maximum atomic E-state index is 10.1. The number of benzene rings is 2. The first-order chi connectivity index (χ1) is 8.77. The van der Waals surface area contributed by atoms with Gasteiger partial charge in [-0.1, -0.05) is 60.7 Å². The van der Waals surface area contributed by atoms with Gasteiger partial charge in [-0.3, -0.25) is 0 Å². The molecule has 2 unspecified atom stereocenters. The second-order valence-corrected chi connectivity index (χ2v) is 4.68. The third-order valence-electron chi connectivity index (χ3n) is 2.46. The van der Waals surface area contributed by atoms with Crippen LogP contribution in [0.2, 0.25) is 0 Å². The first kappa shape index (κ1) is 10.9. The van der Waals surface area contributed by atoms with E-state index in [2.05, 4.69) is 0 Å². The molecule has 0 bridgehead atoms. The molecule has 0 saturated carbocycles. The molecule has 2 rings (SSSR count). The second-order valence-electron chi connectivity index (χ2n) is 3.79. The van der Waals surface area contributed by atoms with Gasteiger partial charge in [-0.2, -0.15) is 11.8 Å². The van der Waals surface area contributed by atoms with Crippen LogP contribution in [0.1, 0.15) is 18.6 Å². The fourth-order valence-corrected chi connectivity index (χ4v) is 2.36. The van der Waals surface area contributed by atoms with Gasteiger partial charge in [-0.05, 0) is 11.1 Å². The zero-order valence-corrected chi connectivity index (χ0v) is 10.3. The maximum Gasteiger partial charge on any atom is 0.0880 e. The van der Waals surface area contributed by atoms with Crippen molar-refractivity contribution in [3.05, 3.63) is 71.8 Å². The molecular weight excluding hydrogens is 228 g/mol. The normalized spacial score (nSPS) is 15.0. The zero-order valence-electron chi connectivity index (χ0n) is 10.5. The molecule has 1 N–H and O–H groups in total. The summed E-state index contributed by atoms with van der Waals surface area (Å²) in [5, 5.41) is 10.1.